The average molecular weight is 285 g/mol. The fourth-order valence-corrected chi connectivity index (χ4v) is 3.06. The van der Waals surface area contributed by atoms with E-state index in [1.807, 2.05) is 13.8 Å². The van der Waals surface area contributed by atoms with Crippen LogP contribution in [0.15, 0.2) is 29.2 Å². The molecule has 6 heteroatoms. The number of carboxylic acid groups (broad SMARTS) is 1. The highest BCUT2D eigenvalue weighted by molar-refractivity contribution is 7.89. The Hall–Kier alpha value is -1.40. The fraction of sp³-hybridized carbons (Fsp3) is 0.462. The van der Waals surface area contributed by atoms with Crippen molar-refractivity contribution in [1.29, 1.82) is 0 Å². The quantitative estimate of drug-likeness (QED) is 0.830. The van der Waals surface area contributed by atoms with Crippen molar-refractivity contribution in [3.8, 4) is 0 Å². The summed E-state index contributed by atoms with van der Waals surface area (Å²) in [6.07, 6.45) is 1.44. The first kappa shape index (κ1) is 15.7. The van der Waals surface area contributed by atoms with Crippen LogP contribution >= 0.6 is 0 Å². The molecule has 0 saturated carbocycles. The van der Waals surface area contributed by atoms with Crippen LogP contribution in [-0.2, 0) is 14.8 Å². The summed E-state index contributed by atoms with van der Waals surface area (Å²) in [7, 11) is -3.73. The molecule has 1 aromatic rings. The predicted molar refractivity (Wildman–Crippen MR) is 72.5 cm³/mol. The number of aryl methyl sites for hydroxylation is 1. The number of hydrogen-bond donors (Lipinski definition) is 1. The summed E-state index contributed by atoms with van der Waals surface area (Å²) in [5.74, 6) is -1.15. The smallest absolute Gasteiger partial charge is 0.318 e. The minimum Gasteiger partial charge on any atom is -0.480 e. The molecule has 1 aromatic carbocycles. The third kappa shape index (κ3) is 4.33. The van der Waals surface area contributed by atoms with Crippen LogP contribution < -0.4 is 0 Å². The molecule has 1 rings (SSSR count). The zero-order chi connectivity index (χ0) is 14.5. The molecule has 0 aliphatic carbocycles. The lowest BCUT2D eigenvalue weighted by Gasteiger charge is -2.20. The van der Waals surface area contributed by atoms with E-state index in [1.54, 1.807) is 12.1 Å². The van der Waals surface area contributed by atoms with Crippen molar-refractivity contribution >= 4 is 16.0 Å². The van der Waals surface area contributed by atoms with Crippen LogP contribution in [0.1, 0.15) is 25.3 Å². The van der Waals surface area contributed by atoms with Gasteiger partial charge in [0.1, 0.15) is 6.54 Å². The average Bonchev–Trinajstić information content (AvgIpc) is 2.34. The monoisotopic (exact) mass is 285 g/mol. The van der Waals surface area contributed by atoms with Crippen LogP contribution in [0.5, 0.6) is 0 Å². The van der Waals surface area contributed by atoms with Gasteiger partial charge in [-0.05, 0) is 25.5 Å². The summed E-state index contributed by atoms with van der Waals surface area (Å²) in [4.78, 5) is 10.9. The van der Waals surface area contributed by atoms with E-state index in [2.05, 4.69) is 0 Å². The fourth-order valence-electron chi connectivity index (χ4n) is 1.63. The van der Waals surface area contributed by atoms with Gasteiger partial charge in [0, 0.05) is 6.54 Å². The SMILES string of the molecule is CCCCN(CC(=O)O)S(=O)(=O)c1ccc(C)cc1. The first-order valence-corrected chi connectivity index (χ1v) is 7.60. The first-order chi connectivity index (χ1) is 8.87. The topological polar surface area (TPSA) is 74.7 Å². The predicted octanol–water partition coefficient (Wildman–Crippen LogP) is 1.87. The summed E-state index contributed by atoms with van der Waals surface area (Å²) in [5.41, 5.74) is 0.956. The standard InChI is InChI=1S/C13H19NO4S/c1-3-4-9-14(10-13(15)16)19(17,18)12-7-5-11(2)6-8-12/h5-8H,3-4,9-10H2,1-2H3,(H,15,16). The zero-order valence-electron chi connectivity index (χ0n) is 11.2. The van der Waals surface area contributed by atoms with E-state index in [0.717, 1.165) is 16.3 Å². The molecule has 0 unspecified atom stereocenters. The molecule has 0 amide bonds. The highest BCUT2D eigenvalue weighted by atomic mass is 32.2. The van der Waals surface area contributed by atoms with Crippen LogP contribution in [0, 0.1) is 6.92 Å². The number of carbonyl (C=O) groups is 1. The van der Waals surface area contributed by atoms with E-state index in [4.69, 9.17) is 5.11 Å². The molecule has 5 nitrogen and oxygen atoms in total. The maximum atomic E-state index is 12.3. The van der Waals surface area contributed by atoms with Crippen LogP contribution in [0.25, 0.3) is 0 Å². The molecule has 0 aliphatic heterocycles. The van der Waals surface area contributed by atoms with Gasteiger partial charge in [0.25, 0.3) is 0 Å². The maximum absolute atomic E-state index is 12.3. The third-order valence-corrected chi connectivity index (χ3v) is 4.59. The Balaban J connectivity index is 3.03. The Bertz CT molecular complexity index is 522. The number of benzene rings is 1. The van der Waals surface area contributed by atoms with Gasteiger partial charge in [-0.1, -0.05) is 31.0 Å². The molecule has 0 aromatic heterocycles. The highest BCUT2D eigenvalue weighted by Crippen LogP contribution is 2.16. The van der Waals surface area contributed by atoms with E-state index in [1.165, 1.54) is 12.1 Å². The van der Waals surface area contributed by atoms with Gasteiger partial charge in [-0.15, -0.1) is 0 Å². The maximum Gasteiger partial charge on any atom is 0.318 e. The lowest BCUT2D eigenvalue weighted by atomic mass is 10.2. The Morgan fingerprint density at radius 3 is 2.32 bits per heavy atom. The van der Waals surface area contributed by atoms with E-state index in [-0.39, 0.29) is 11.4 Å². The van der Waals surface area contributed by atoms with E-state index < -0.39 is 22.5 Å². The molecule has 19 heavy (non-hydrogen) atoms. The van der Waals surface area contributed by atoms with Gasteiger partial charge in [-0.25, -0.2) is 8.42 Å². The van der Waals surface area contributed by atoms with Gasteiger partial charge >= 0.3 is 5.97 Å². The second kappa shape index (κ2) is 6.68. The number of rotatable bonds is 7. The van der Waals surface area contributed by atoms with Crippen molar-refractivity contribution in [3.05, 3.63) is 29.8 Å². The molecule has 0 heterocycles. The number of sulfonamides is 1. The number of nitrogens with zero attached hydrogens (tertiary/aromatic N) is 1. The molecule has 106 valence electrons. The molecule has 0 atom stereocenters. The van der Waals surface area contributed by atoms with Gasteiger partial charge < -0.3 is 5.11 Å². The van der Waals surface area contributed by atoms with Crippen LogP contribution in [-0.4, -0.2) is 36.9 Å². The van der Waals surface area contributed by atoms with Crippen molar-refractivity contribution < 1.29 is 18.3 Å². The molecular weight excluding hydrogens is 266 g/mol. The van der Waals surface area contributed by atoms with E-state index in [0.29, 0.717) is 6.42 Å². The Labute approximate surface area is 113 Å². The lowest BCUT2D eigenvalue weighted by Crippen LogP contribution is -2.36. The van der Waals surface area contributed by atoms with Crippen molar-refractivity contribution in [2.75, 3.05) is 13.1 Å². The normalized spacial score (nSPS) is 11.7. The second-order valence-corrected chi connectivity index (χ2v) is 6.34. The van der Waals surface area contributed by atoms with Gasteiger partial charge in [0.05, 0.1) is 4.90 Å². The van der Waals surface area contributed by atoms with Crippen molar-refractivity contribution in [3.63, 3.8) is 0 Å². The van der Waals surface area contributed by atoms with Crippen LogP contribution in [0.4, 0.5) is 0 Å². The van der Waals surface area contributed by atoms with Gasteiger partial charge in [0.2, 0.25) is 10.0 Å². The minimum absolute atomic E-state index is 0.135. The van der Waals surface area contributed by atoms with Crippen LogP contribution in [0.2, 0.25) is 0 Å². The molecular formula is C13H19NO4S. The minimum atomic E-state index is -3.73. The van der Waals surface area contributed by atoms with E-state index in [9.17, 15) is 13.2 Å². The van der Waals surface area contributed by atoms with E-state index >= 15 is 0 Å². The molecule has 0 radical (unpaired) electrons. The summed E-state index contributed by atoms with van der Waals surface area (Å²) < 4.78 is 25.7. The van der Waals surface area contributed by atoms with Crippen LogP contribution in [0.3, 0.4) is 0 Å². The molecule has 1 N–H and O–H groups in total. The number of unbranched alkanes of at least 4 members (excludes halogenated alkanes) is 1. The number of hydrogen-bond acceptors (Lipinski definition) is 3. The molecule has 0 aliphatic rings. The molecule has 0 saturated heterocycles. The van der Waals surface area contributed by atoms with Gasteiger partial charge in [0.15, 0.2) is 0 Å². The van der Waals surface area contributed by atoms with Crippen molar-refractivity contribution in [2.24, 2.45) is 0 Å². The Morgan fingerprint density at radius 1 is 1.26 bits per heavy atom. The number of carboxylic acids is 1. The molecule has 0 bridgehead atoms. The van der Waals surface area contributed by atoms with Crippen molar-refractivity contribution in [2.45, 2.75) is 31.6 Å². The highest BCUT2D eigenvalue weighted by Gasteiger charge is 2.25. The third-order valence-electron chi connectivity index (χ3n) is 2.73. The summed E-state index contributed by atoms with van der Waals surface area (Å²) in [6.45, 7) is 3.51. The largest absolute Gasteiger partial charge is 0.480 e. The van der Waals surface area contributed by atoms with Gasteiger partial charge in [-0.3, -0.25) is 4.79 Å². The Morgan fingerprint density at radius 2 is 1.84 bits per heavy atom. The lowest BCUT2D eigenvalue weighted by molar-refractivity contribution is -0.137. The number of aliphatic carboxylic acids is 1. The zero-order valence-corrected chi connectivity index (χ0v) is 12.0. The summed E-state index contributed by atoms with van der Waals surface area (Å²) in [6, 6.07) is 6.41. The molecule has 0 fully saturated rings. The summed E-state index contributed by atoms with van der Waals surface area (Å²) >= 11 is 0. The van der Waals surface area contributed by atoms with Gasteiger partial charge in [-0.2, -0.15) is 4.31 Å². The first-order valence-electron chi connectivity index (χ1n) is 6.16. The molecule has 0 spiro atoms. The second-order valence-electron chi connectivity index (χ2n) is 4.40. The Kier molecular flexibility index (Phi) is 5.50. The van der Waals surface area contributed by atoms with Crippen molar-refractivity contribution in [1.82, 2.24) is 4.31 Å². The summed E-state index contributed by atoms with van der Waals surface area (Å²) in [5, 5.41) is 8.83.